The van der Waals surface area contributed by atoms with Gasteiger partial charge in [-0.25, -0.2) is 4.57 Å². The van der Waals surface area contributed by atoms with Gasteiger partial charge in [-0.1, -0.05) is 249 Å². The van der Waals surface area contributed by atoms with E-state index in [4.69, 9.17) is 18.5 Å². The Kier molecular flexibility index (Phi) is 46.8. The maximum atomic E-state index is 12.9. The van der Waals surface area contributed by atoms with Gasteiger partial charge in [-0.2, -0.15) is 0 Å². The van der Waals surface area contributed by atoms with Crippen molar-refractivity contribution in [3.05, 3.63) is 36.5 Å². The predicted molar refractivity (Wildman–Crippen MR) is 295 cm³/mol. The average Bonchev–Trinajstić information content (AvgIpc) is 3.37. The van der Waals surface area contributed by atoms with Crippen molar-refractivity contribution in [3.8, 4) is 0 Å². The van der Waals surface area contributed by atoms with E-state index in [2.05, 4.69) is 50.3 Å². The smallest absolute Gasteiger partial charge is 0.457 e. The molecule has 0 saturated heterocycles. The molecule has 6 atom stereocenters. The van der Waals surface area contributed by atoms with Gasteiger partial charge < -0.3 is 39.9 Å². The average molecular weight is 1040 g/mol. The number of allylic oxidation sites excluding steroid dienone is 6. The Morgan fingerprint density at radius 1 is 0.444 bits per heavy atom. The monoisotopic (exact) mass is 1040 g/mol. The molecule has 6 N–H and O–H groups in total. The largest absolute Gasteiger partial charge is 0.472 e. The van der Waals surface area contributed by atoms with Crippen molar-refractivity contribution < 1.29 is 58.3 Å². The lowest BCUT2D eigenvalue weighted by Gasteiger charge is -2.41. The number of ether oxygens (including phenoxy) is 2. The summed E-state index contributed by atoms with van der Waals surface area (Å²) < 4.78 is 34.4. The van der Waals surface area contributed by atoms with Gasteiger partial charge in [-0.15, -0.1) is 0 Å². The van der Waals surface area contributed by atoms with Gasteiger partial charge in [-0.3, -0.25) is 13.8 Å². The number of aliphatic hydroxyl groups excluding tert-OH is 5. The van der Waals surface area contributed by atoms with Crippen molar-refractivity contribution >= 4 is 13.8 Å². The number of hydrogen-bond acceptors (Lipinski definition) is 11. The summed E-state index contributed by atoms with van der Waals surface area (Å²) in [5.74, 6) is -0.479. The van der Waals surface area contributed by atoms with Crippen molar-refractivity contribution in [2.75, 3.05) is 19.8 Å². The molecular formula is C59H111O12P. The van der Waals surface area contributed by atoms with Crippen LogP contribution in [0.4, 0.5) is 0 Å². The van der Waals surface area contributed by atoms with Crippen LogP contribution in [-0.4, -0.2) is 98.9 Å². The van der Waals surface area contributed by atoms with E-state index < -0.39 is 63.1 Å². The highest BCUT2D eigenvalue weighted by atomic mass is 31.2. The van der Waals surface area contributed by atoms with Crippen LogP contribution in [0.2, 0.25) is 0 Å². The van der Waals surface area contributed by atoms with E-state index >= 15 is 0 Å². The van der Waals surface area contributed by atoms with Crippen LogP contribution in [0.15, 0.2) is 36.5 Å². The SMILES string of the molecule is CCCCCCC/C=C\C/C=C\C/C=C\CCCCCCCCCCC(=O)OC(COCCCCCCCCCCCCCCCCCCCCCCCC)COP(=O)(O)OC1C(O)C(O)C(O)C(O)C1O. The number of hydrogen-bond donors (Lipinski definition) is 6. The minimum atomic E-state index is -5.03. The molecule has 1 saturated carbocycles. The summed E-state index contributed by atoms with van der Waals surface area (Å²) in [5.41, 5.74) is 0. The second kappa shape index (κ2) is 49.2. The zero-order valence-corrected chi connectivity index (χ0v) is 46.9. The van der Waals surface area contributed by atoms with E-state index in [1.54, 1.807) is 0 Å². The second-order valence-electron chi connectivity index (χ2n) is 20.9. The summed E-state index contributed by atoms with van der Waals surface area (Å²) in [6, 6.07) is 0. The quantitative estimate of drug-likeness (QED) is 0.0146. The fourth-order valence-electron chi connectivity index (χ4n) is 9.31. The first-order chi connectivity index (χ1) is 35.0. The van der Waals surface area contributed by atoms with Crippen LogP contribution in [0.5, 0.6) is 0 Å². The molecule has 1 fully saturated rings. The first-order valence-corrected chi connectivity index (χ1v) is 31.3. The van der Waals surface area contributed by atoms with E-state index in [9.17, 15) is 39.8 Å². The maximum absolute atomic E-state index is 12.9. The first-order valence-electron chi connectivity index (χ1n) is 29.8. The van der Waals surface area contributed by atoms with E-state index in [0.29, 0.717) is 13.0 Å². The van der Waals surface area contributed by atoms with Crippen molar-refractivity contribution in [2.24, 2.45) is 0 Å². The maximum Gasteiger partial charge on any atom is 0.472 e. The summed E-state index contributed by atoms with van der Waals surface area (Å²) >= 11 is 0. The van der Waals surface area contributed by atoms with Crippen molar-refractivity contribution in [2.45, 2.75) is 313 Å². The topological polar surface area (TPSA) is 192 Å². The number of esters is 1. The number of carbonyl (C=O) groups excluding carboxylic acids is 1. The molecule has 0 amide bonds. The minimum Gasteiger partial charge on any atom is -0.457 e. The molecule has 1 aliphatic rings. The van der Waals surface area contributed by atoms with E-state index in [1.165, 1.54) is 180 Å². The number of carbonyl (C=O) groups is 1. The molecule has 0 aliphatic heterocycles. The van der Waals surface area contributed by atoms with Crippen molar-refractivity contribution in [3.63, 3.8) is 0 Å². The Morgan fingerprint density at radius 2 is 0.778 bits per heavy atom. The summed E-state index contributed by atoms with van der Waals surface area (Å²) in [6.07, 6.45) is 49.3. The highest BCUT2D eigenvalue weighted by molar-refractivity contribution is 7.47. The number of rotatable bonds is 52. The van der Waals surface area contributed by atoms with Crippen LogP contribution in [0.25, 0.3) is 0 Å². The molecule has 0 spiro atoms. The predicted octanol–water partition coefficient (Wildman–Crippen LogP) is 14.5. The van der Waals surface area contributed by atoms with Gasteiger partial charge in [0.05, 0.1) is 13.2 Å². The molecular weight excluding hydrogens is 932 g/mol. The molecule has 72 heavy (non-hydrogen) atoms. The van der Waals surface area contributed by atoms with Crippen molar-refractivity contribution in [1.29, 1.82) is 0 Å². The standard InChI is InChI=1S/C59H111O12P/c1-3-5-7-9-11-13-15-17-19-21-23-25-27-28-30-32-34-36-38-40-42-44-46-48-53(60)70-52(51-69-72(66,67)71-59-57(64)55(62)54(61)56(63)58(59)65)50-68-49-47-45-43-41-39-37-35-33-31-29-26-24-22-20-18-16-14-12-10-8-6-4-2/h15,17,21,23,27-28,52,54-59,61-65H,3-14,16,18-20,22,24-26,29-51H2,1-2H3,(H,66,67)/b17-15-,23-21-,28-27-. The van der Waals surface area contributed by atoms with Gasteiger partial charge in [0.15, 0.2) is 0 Å². The van der Waals surface area contributed by atoms with Gasteiger partial charge >= 0.3 is 13.8 Å². The molecule has 12 nitrogen and oxygen atoms in total. The Bertz CT molecular complexity index is 1330. The highest BCUT2D eigenvalue weighted by Gasteiger charge is 2.51. The summed E-state index contributed by atoms with van der Waals surface area (Å²) in [4.78, 5) is 23.3. The van der Waals surface area contributed by atoms with Gasteiger partial charge in [-0.05, 0) is 51.4 Å². The molecule has 0 bridgehead atoms. The molecule has 6 unspecified atom stereocenters. The molecule has 424 valence electrons. The van der Waals surface area contributed by atoms with Crippen LogP contribution in [0, 0.1) is 0 Å². The summed E-state index contributed by atoms with van der Waals surface area (Å²) in [6.45, 7) is 4.30. The second-order valence-corrected chi connectivity index (χ2v) is 22.3. The number of phosphoric acid groups is 1. The molecule has 0 aromatic rings. The van der Waals surface area contributed by atoms with Gasteiger partial charge in [0.1, 0.15) is 42.7 Å². The van der Waals surface area contributed by atoms with Gasteiger partial charge in [0, 0.05) is 13.0 Å². The van der Waals surface area contributed by atoms with Crippen LogP contribution < -0.4 is 0 Å². The van der Waals surface area contributed by atoms with Crippen LogP contribution in [0.1, 0.15) is 271 Å². The first kappa shape index (κ1) is 68.6. The molecule has 0 aromatic carbocycles. The van der Waals surface area contributed by atoms with Crippen LogP contribution >= 0.6 is 7.82 Å². The fourth-order valence-corrected chi connectivity index (χ4v) is 10.3. The zero-order valence-electron chi connectivity index (χ0n) is 46.0. The Balaban J connectivity index is 2.27. The van der Waals surface area contributed by atoms with E-state index in [1.807, 2.05) is 0 Å². The van der Waals surface area contributed by atoms with Gasteiger partial charge in [0.2, 0.25) is 0 Å². The third kappa shape index (κ3) is 39.9. The van der Waals surface area contributed by atoms with E-state index in [0.717, 1.165) is 64.2 Å². The molecule has 0 radical (unpaired) electrons. The Hall–Kier alpha value is -1.44. The normalized spacial score (nSPS) is 20.8. The van der Waals surface area contributed by atoms with Gasteiger partial charge in [0.25, 0.3) is 0 Å². The highest BCUT2D eigenvalue weighted by Crippen LogP contribution is 2.47. The third-order valence-corrected chi connectivity index (χ3v) is 15.0. The lowest BCUT2D eigenvalue weighted by molar-refractivity contribution is -0.220. The van der Waals surface area contributed by atoms with E-state index in [-0.39, 0.29) is 13.0 Å². The lowest BCUT2D eigenvalue weighted by Crippen LogP contribution is -2.64. The zero-order chi connectivity index (χ0) is 52.6. The molecule has 13 heteroatoms. The molecule has 1 rings (SSSR count). The summed E-state index contributed by atoms with van der Waals surface area (Å²) in [5, 5.41) is 50.5. The van der Waals surface area contributed by atoms with Crippen LogP contribution in [-0.2, 0) is 27.9 Å². The van der Waals surface area contributed by atoms with Crippen LogP contribution in [0.3, 0.4) is 0 Å². The fraction of sp³-hybridized carbons (Fsp3) is 0.881. The Morgan fingerprint density at radius 3 is 1.18 bits per heavy atom. The number of aliphatic hydroxyl groups is 5. The minimum absolute atomic E-state index is 0.0760. The lowest BCUT2D eigenvalue weighted by atomic mass is 9.85. The van der Waals surface area contributed by atoms with Crippen molar-refractivity contribution in [1.82, 2.24) is 0 Å². The third-order valence-electron chi connectivity index (χ3n) is 14.0. The number of phosphoric ester groups is 1. The molecule has 1 aliphatic carbocycles. The molecule has 0 aromatic heterocycles. The number of unbranched alkanes of at least 4 members (excludes halogenated alkanes) is 34. The molecule has 0 heterocycles. The Labute approximate surface area is 440 Å². The summed E-state index contributed by atoms with van der Waals surface area (Å²) in [7, 11) is -5.03.